The molecule has 7 nitrogen and oxygen atoms in total. The van der Waals surface area contributed by atoms with Crippen LogP contribution in [0, 0.1) is 0 Å². The van der Waals surface area contributed by atoms with Gasteiger partial charge in [-0.05, 0) is 47.9 Å². The number of nitrogens with one attached hydrogen (secondary N) is 1. The van der Waals surface area contributed by atoms with E-state index in [1.807, 2.05) is 30.3 Å². The third kappa shape index (κ3) is 4.30. The lowest BCUT2D eigenvalue weighted by Crippen LogP contribution is -2.32. The van der Waals surface area contributed by atoms with Crippen LogP contribution in [0.15, 0.2) is 76.1 Å². The van der Waals surface area contributed by atoms with Crippen molar-refractivity contribution in [3.05, 3.63) is 94.2 Å². The van der Waals surface area contributed by atoms with E-state index in [1.165, 1.54) is 14.2 Å². The van der Waals surface area contributed by atoms with Crippen molar-refractivity contribution in [2.24, 2.45) is 0 Å². The fraction of sp³-hybridized carbons (Fsp3) is 0.167. The number of fused-ring (bicyclic) bond motifs is 1. The number of aromatic amines is 1. The number of pyridine rings is 1. The highest BCUT2D eigenvalue weighted by molar-refractivity contribution is 5.95. The van der Waals surface area contributed by atoms with Crippen LogP contribution in [0.3, 0.4) is 0 Å². The molecule has 0 saturated carbocycles. The lowest BCUT2D eigenvalue weighted by molar-refractivity contribution is 0.0716. The van der Waals surface area contributed by atoms with Crippen LogP contribution in [0.2, 0.25) is 0 Å². The molecule has 0 aliphatic carbocycles. The predicted molar refractivity (Wildman–Crippen MR) is 116 cm³/mol. The minimum absolute atomic E-state index is 0.119. The monoisotopic (exact) mass is 418 g/mol. The lowest BCUT2D eigenvalue weighted by Gasteiger charge is -2.22. The van der Waals surface area contributed by atoms with Gasteiger partial charge in [0.2, 0.25) is 0 Å². The highest BCUT2D eigenvalue weighted by Gasteiger charge is 2.21. The number of para-hydroxylation sites is 1. The van der Waals surface area contributed by atoms with Gasteiger partial charge in [-0.1, -0.05) is 18.2 Å². The normalized spacial score (nSPS) is 10.8. The van der Waals surface area contributed by atoms with Crippen LogP contribution in [-0.2, 0) is 13.1 Å². The van der Waals surface area contributed by atoms with Crippen molar-refractivity contribution in [3.8, 4) is 11.5 Å². The fourth-order valence-corrected chi connectivity index (χ4v) is 3.46. The maximum Gasteiger partial charge on any atom is 0.254 e. The number of nitrogens with zero attached hydrogens (tertiary/aromatic N) is 1. The molecule has 0 saturated heterocycles. The summed E-state index contributed by atoms with van der Waals surface area (Å²) in [4.78, 5) is 30.5. The van der Waals surface area contributed by atoms with Gasteiger partial charge in [0.05, 0.1) is 33.6 Å². The molecule has 4 rings (SSSR count). The molecule has 0 aliphatic heterocycles. The number of amides is 1. The zero-order valence-electron chi connectivity index (χ0n) is 17.3. The van der Waals surface area contributed by atoms with Gasteiger partial charge in [-0.2, -0.15) is 0 Å². The summed E-state index contributed by atoms with van der Waals surface area (Å²) >= 11 is 0. The number of hydrogen-bond donors (Lipinski definition) is 1. The van der Waals surface area contributed by atoms with E-state index in [0.717, 1.165) is 10.9 Å². The highest BCUT2D eigenvalue weighted by Crippen LogP contribution is 2.28. The Labute approximate surface area is 178 Å². The quantitative estimate of drug-likeness (QED) is 0.491. The van der Waals surface area contributed by atoms with Gasteiger partial charge in [-0.3, -0.25) is 9.59 Å². The number of carbonyl (C=O) groups excluding carboxylic acids is 1. The smallest absolute Gasteiger partial charge is 0.254 e. The number of methoxy groups -OCH3 is 2. The van der Waals surface area contributed by atoms with E-state index < -0.39 is 0 Å². The van der Waals surface area contributed by atoms with Crippen LogP contribution in [-0.4, -0.2) is 30.0 Å². The van der Waals surface area contributed by atoms with Crippen molar-refractivity contribution in [2.75, 3.05) is 14.2 Å². The number of aromatic nitrogens is 1. The van der Waals surface area contributed by atoms with E-state index >= 15 is 0 Å². The van der Waals surface area contributed by atoms with E-state index in [4.69, 9.17) is 13.9 Å². The highest BCUT2D eigenvalue weighted by atomic mass is 16.5. The Hall–Kier alpha value is -4.00. The summed E-state index contributed by atoms with van der Waals surface area (Å²) in [5, 5.41) is 0.897. The zero-order chi connectivity index (χ0) is 21.8. The fourth-order valence-electron chi connectivity index (χ4n) is 3.46. The SMILES string of the molecule is COc1ccc(C(=O)N(Cc2ccco2)Cc2cc3ccccc3[nH]c2=O)cc1OC. The Morgan fingerprint density at radius 2 is 1.77 bits per heavy atom. The molecule has 0 atom stereocenters. The van der Waals surface area contributed by atoms with E-state index in [9.17, 15) is 9.59 Å². The lowest BCUT2D eigenvalue weighted by atomic mass is 10.1. The largest absolute Gasteiger partial charge is 0.493 e. The molecule has 0 unspecified atom stereocenters. The molecule has 158 valence electrons. The summed E-state index contributed by atoms with van der Waals surface area (Å²) < 4.78 is 16.0. The molecule has 1 amide bonds. The Kier molecular flexibility index (Phi) is 5.75. The average molecular weight is 418 g/mol. The molecule has 0 radical (unpaired) electrons. The maximum absolute atomic E-state index is 13.4. The Bertz CT molecular complexity index is 1260. The van der Waals surface area contributed by atoms with Crippen LogP contribution in [0.25, 0.3) is 10.9 Å². The molecule has 0 spiro atoms. The van der Waals surface area contributed by atoms with Crippen molar-refractivity contribution in [2.45, 2.75) is 13.1 Å². The molecule has 0 aliphatic rings. The molecular formula is C24H22N2O5. The zero-order valence-corrected chi connectivity index (χ0v) is 17.3. The van der Waals surface area contributed by atoms with E-state index in [0.29, 0.717) is 28.4 Å². The minimum Gasteiger partial charge on any atom is -0.493 e. The second-order valence-electron chi connectivity index (χ2n) is 7.02. The number of H-pyrrole nitrogens is 1. The summed E-state index contributed by atoms with van der Waals surface area (Å²) in [5.41, 5.74) is 1.42. The number of hydrogen-bond acceptors (Lipinski definition) is 5. The van der Waals surface area contributed by atoms with Crippen LogP contribution >= 0.6 is 0 Å². The third-order valence-electron chi connectivity index (χ3n) is 5.04. The van der Waals surface area contributed by atoms with E-state index in [2.05, 4.69) is 4.98 Å². The Balaban J connectivity index is 1.70. The van der Waals surface area contributed by atoms with Crippen LogP contribution in [0.5, 0.6) is 11.5 Å². The maximum atomic E-state index is 13.4. The van der Waals surface area contributed by atoms with Crippen LogP contribution in [0.4, 0.5) is 0 Å². The van der Waals surface area contributed by atoms with Crippen molar-refractivity contribution in [1.29, 1.82) is 0 Å². The molecule has 0 fully saturated rings. The standard InChI is InChI=1S/C24H22N2O5/c1-29-21-10-9-17(13-22(21)30-2)24(28)26(15-19-7-5-11-31-19)14-18-12-16-6-3-4-8-20(16)25-23(18)27/h3-13H,14-15H2,1-2H3,(H,25,27). The number of benzene rings is 2. The number of ether oxygens (including phenoxy) is 2. The molecule has 2 aromatic heterocycles. The summed E-state index contributed by atoms with van der Waals surface area (Å²) in [6.45, 7) is 0.334. The van der Waals surface area contributed by atoms with Crippen LogP contribution < -0.4 is 15.0 Å². The molecule has 4 aromatic rings. The number of furan rings is 1. The average Bonchev–Trinajstić information content (AvgIpc) is 3.31. The van der Waals surface area contributed by atoms with Gasteiger partial charge in [0.25, 0.3) is 11.5 Å². The van der Waals surface area contributed by atoms with E-state index in [-0.39, 0.29) is 24.6 Å². The number of carbonyl (C=O) groups is 1. The molecule has 0 bridgehead atoms. The van der Waals surface area contributed by atoms with Gasteiger partial charge in [0.1, 0.15) is 5.76 Å². The Morgan fingerprint density at radius 1 is 0.968 bits per heavy atom. The van der Waals surface area contributed by atoms with Crippen molar-refractivity contribution in [3.63, 3.8) is 0 Å². The third-order valence-corrected chi connectivity index (χ3v) is 5.04. The molecular weight excluding hydrogens is 396 g/mol. The van der Waals surface area contributed by atoms with Gasteiger partial charge in [0, 0.05) is 16.6 Å². The van der Waals surface area contributed by atoms with Gasteiger partial charge >= 0.3 is 0 Å². The van der Waals surface area contributed by atoms with Crippen molar-refractivity contribution < 1.29 is 18.7 Å². The second kappa shape index (κ2) is 8.79. The topological polar surface area (TPSA) is 84.8 Å². The molecule has 31 heavy (non-hydrogen) atoms. The summed E-state index contributed by atoms with van der Waals surface area (Å²) in [6.07, 6.45) is 1.55. The van der Waals surface area contributed by atoms with Gasteiger partial charge in [0.15, 0.2) is 11.5 Å². The van der Waals surface area contributed by atoms with E-state index in [1.54, 1.807) is 41.5 Å². The molecule has 1 N–H and O–H groups in total. The summed E-state index contributed by atoms with van der Waals surface area (Å²) in [5.74, 6) is 1.34. The summed E-state index contributed by atoms with van der Waals surface area (Å²) in [7, 11) is 3.05. The first-order valence-electron chi connectivity index (χ1n) is 9.73. The minimum atomic E-state index is -0.259. The summed E-state index contributed by atoms with van der Waals surface area (Å²) in [6, 6.07) is 17.9. The van der Waals surface area contributed by atoms with Gasteiger partial charge in [-0.25, -0.2) is 0 Å². The van der Waals surface area contributed by atoms with Crippen LogP contribution in [0.1, 0.15) is 21.7 Å². The second-order valence-corrected chi connectivity index (χ2v) is 7.02. The van der Waals surface area contributed by atoms with Gasteiger partial charge in [-0.15, -0.1) is 0 Å². The Morgan fingerprint density at radius 3 is 2.52 bits per heavy atom. The number of rotatable bonds is 7. The molecule has 2 aromatic carbocycles. The van der Waals surface area contributed by atoms with Gasteiger partial charge < -0.3 is 23.8 Å². The first kappa shape index (κ1) is 20.3. The molecule has 2 heterocycles. The first-order valence-corrected chi connectivity index (χ1v) is 9.73. The molecule has 7 heteroatoms. The van der Waals surface area contributed by atoms with Crippen molar-refractivity contribution in [1.82, 2.24) is 9.88 Å². The van der Waals surface area contributed by atoms with Crippen molar-refractivity contribution >= 4 is 16.8 Å². The first-order chi connectivity index (χ1) is 15.1. The predicted octanol–water partition coefficient (Wildman–Crippen LogP) is 3.98.